The molecule has 7 heteroatoms. The van der Waals surface area contributed by atoms with Gasteiger partial charge in [0.05, 0.1) is 30.7 Å². The van der Waals surface area contributed by atoms with E-state index in [0.717, 1.165) is 18.4 Å². The van der Waals surface area contributed by atoms with Crippen LogP contribution in [0, 0.1) is 11.8 Å². The molecule has 1 aromatic heterocycles. The Labute approximate surface area is 159 Å². The van der Waals surface area contributed by atoms with Gasteiger partial charge in [-0.2, -0.15) is 5.10 Å². The summed E-state index contributed by atoms with van der Waals surface area (Å²) < 4.78 is 7.95. The number of carbonyl (C=O) groups excluding carboxylic acids is 2. The van der Waals surface area contributed by atoms with Crippen molar-refractivity contribution in [1.82, 2.24) is 19.6 Å². The number of amides is 2. The van der Waals surface area contributed by atoms with E-state index in [2.05, 4.69) is 18.9 Å². The van der Waals surface area contributed by atoms with Gasteiger partial charge in [0.2, 0.25) is 11.8 Å². The summed E-state index contributed by atoms with van der Waals surface area (Å²) in [6.45, 7) is 5.24. The van der Waals surface area contributed by atoms with Crippen LogP contribution in [0.3, 0.4) is 0 Å². The van der Waals surface area contributed by atoms with Gasteiger partial charge in [0.25, 0.3) is 0 Å². The maximum atomic E-state index is 13.3. The molecule has 27 heavy (non-hydrogen) atoms. The third kappa shape index (κ3) is 2.71. The van der Waals surface area contributed by atoms with Crippen molar-refractivity contribution in [3.63, 3.8) is 0 Å². The minimum absolute atomic E-state index is 0.0279. The summed E-state index contributed by atoms with van der Waals surface area (Å²) in [4.78, 5) is 30.2. The zero-order valence-electron chi connectivity index (χ0n) is 16.5. The second kappa shape index (κ2) is 6.48. The quantitative estimate of drug-likeness (QED) is 0.707. The number of hydrogen-bond donors (Lipinski definition) is 0. The Balaban J connectivity index is 1.56. The largest absolute Gasteiger partial charge is 0.360 e. The van der Waals surface area contributed by atoms with E-state index in [1.54, 1.807) is 22.8 Å². The normalized spacial score (nSPS) is 31.2. The van der Waals surface area contributed by atoms with Gasteiger partial charge in [0, 0.05) is 38.4 Å². The average Bonchev–Trinajstić information content (AvgIpc) is 3.38. The van der Waals surface area contributed by atoms with Crippen LogP contribution in [0.5, 0.6) is 0 Å². The summed E-state index contributed by atoms with van der Waals surface area (Å²) in [7, 11) is 3.64. The fraction of sp³-hybridized carbons (Fsp3) is 0.650. The van der Waals surface area contributed by atoms with Crippen LogP contribution in [-0.2, 0) is 27.9 Å². The van der Waals surface area contributed by atoms with Gasteiger partial charge >= 0.3 is 0 Å². The number of rotatable bonds is 6. The maximum Gasteiger partial charge on any atom is 0.230 e. The van der Waals surface area contributed by atoms with Crippen LogP contribution in [0.4, 0.5) is 0 Å². The van der Waals surface area contributed by atoms with Crippen molar-refractivity contribution in [3.05, 3.63) is 30.1 Å². The van der Waals surface area contributed by atoms with Crippen molar-refractivity contribution in [2.24, 2.45) is 18.9 Å². The molecule has 0 aromatic carbocycles. The number of nitrogens with zero attached hydrogens (tertiary/aromatic N) is 4. The number of ether oxygens (including phenoxy) is 1. The van der Waals surface area contributed by atoms with Gasteiger partial charge in [-0.3, -0.25) is 14.3 Å². The first kappa shape index (κ1) is 18.2. The van der Waals surface area contributed by atoms with Gasteiger partial charge < -0.3 is 14.5 Å². The van der Waals surface area contributed by atoms with E-state index < -0.39 is 17.4 Å². The van der Waals surface area contributed by atoms with E-state index >= 15 is 0 Å². The number of fused-ring (bicyclic) bond motifs is 1. The van der Waals surface area contributed by atoms with Gasteiger partial charge in [0.1, 0.15) is 5.60 Å². The Morgan fingerprint density at radius 3 is 2.81 bits per heavy atom. The Kier molecular flexibility index (Phi) is 4.37. The molecule has 0 aliphatic carbocycles. The van der Waals surface area contributed by atoms with E-state index in [1.807, 2.05) is 30.3 Å². The first-order valence-electron chi connectivity index (χ1n) is 9.80. The Morgan fingerprint density at radius 1 is 1.44 bits per heavy atom. The topological polar surface area (TPSA) is 67.7 Å². The number of aryl methyl sites for hydroxylation is 1. The fourth-order valence-corrected chi connectivity index (χ4v) is 5.01. The highest BCUT2D eigenvalue weighted by Crippen LogP contribution is 2.52. The lowest BCUT2D eigenvalue weighted by Crippen LogP contribution is -2.45. The maximum absolute atomic E-state index is 13.3. The molecule has 2 fully saturated rings. The van der Waals surface area contributed by atoms with Crippen LogP contribution in [0.2, 0.25) is 0 Å². The van der Waals surface area contributed by atoms with Crippen LogP contribution < -0.4 is 0 Å². The summed E-state index contributed by atoms with van der Waals surface area (Å²) in [5, 5.41) is 4.16. The summed E-state index contributed by atoms with van der Waals surface area (Å²) >= 11 is 0. The first-order valence-corrected chi connectivity index (χ1v) is 9.80. The predicted octanol–water partition coefficient (Wildman–Crippen LogP) is 1.35. The molecule has 0 radical (unpaired) electrons. The average molecular weight is 372 g/mol. The molecule has 146 valence electrons. The van der Waals surface area contributed by atoms with Crippen LogP contribution in [-0.4, -0.2) is 62.7 Å². The van der Waals surface area contributed by atoms with Crippen molar-refractivity contribution in [2.75, 3.05) is 13.6 Å². The molecule has 3 aliphatic rings. The molecule has 1 spiro atoms. The zero-order valence-corrected chi connectivity index (χ0v) is 16.5. The molecule has 2 saturated heterocycles. The lowest BCUT2D eigenvalue weighted by molar-refractivity contribution is -0.143. The van der Waals surface area contributed by atoms with E-state index in [-0.39, 0.29) is 24.0 Å². The number of carbonyl (C=O) groups is 2. The smallest absolute Gasteiger partial charge is 0.230 e. The molecule has 2 bridgehead atoms. The summed E-state index contributed by atoms with van der Waals surface area (Å²) in [6.07, 6.45) is 9.19. The molecule has 0 saturated carbocycles. The highest BCUT2D eigenvalue weighted by molar-refractivity contribution is 5.93. The van der Waals surface area contributed by atoms with Crippen molar-refractivity contribution < 1.29 is 14.3 Å². The predicted molar refractivity (Wildman–Crippen MR) is 99.5 cm³/mol. The van der Waals surface area contributed by atoms with E-state index in [4.69, 9.17) is 4.74 Å². The van der Waals surface area contributed by atoms with Gasteiger partial charge in [-0.25, -0.2) is 0 Å². The number of aromatic nitrogens is 2. The highest BCUT2D eigenvalue weighted by Gasteiger charge is 2.67. The van der Waals surface area contributed by atoms with Crippen LogP contribution >= 0.6 is 0 Å². The lowest BCUT2D eigenvalue weighted by atomic mass is 9.76. The minimum atomic E-state index is -0.625. The molecule has 2 amide bonds. The monoisotopic (exact) mass is 372 g/mol. The molecule has 7 nitrogen and oxygen atoms in total. The second-order valence-electron chi connectivity index (χ2n) is 8.05. The highest BCUT2D eigenvalue weighted by atomic mass is 16.5. The molecule has 3 aliphatic heterocycles. The molecular weight excluding hydrogens is 344 g/mol. The SMILES string of the molecule is CCC(CC)N1C[C@]23C=C[C@H](O2)[C@@H](C(=O)N(C)Cc2cnn(C)c2)[C@H]3C1=O. The van der Waals surface area contributed by atoms with Crippen LogP contribution in [0.1, 0.15) is 32.3 Å². The van der Waals surface area contributed by atoms with Gasteiger partial charge in [-0.15, -0.1) is 0 Å². The minimum Gasteiger partial charge on any atom is -0.360 e. The molecule has 4 rings (SSSR count). The Bertz CT molecular complexity index is 784. The molecule has 1 aromatic rings. The number of hydrogen-bond acceptors (Lipinski definition) is 4. The summed E-state index contributed by atoms with van der Waals surface area (Å²) in [5.41, 5.74) is 0.346. The molecule has 0 unspecified atom stereocenters. The lowest BCUT2D eigenvalue weighted by Gasteiger charge is -2.29. The van der Waals surface area contributed by atoms with Gasteiger partial charge in [0.15, 0.2) is 0 Å². The molecule has 4 atom stereocenters. The van der Waals surface area contributed by atoms with E-state index in [1.165, 1.54) is 0 Å². The van der Waals surface area contributed by atoms with Crippen molar-refractivity contribution in [3.8, 4) is 0 Å². The van der Waals surface area contributed by atoms with Crippen molar-refractivity contribution in [1.29, 1.82) is 0 Å². The van der Waals surface area contributed by atoms with Crippen LogP contribution in [0.15, 0.2) is 24.5 Å². The van der Waals surface area contributed by atoms with Gasteiger partial charge in [-0.05, 0) is 12.8 Å². The third-order valence-corrected chi connectivity index (χ3v) is 6.35. The van der Waals surface area contributed by atoms with E-state index in [0.29, 0.717) is 13.1 Å². The van der Waals surface area contributed by atoms with Gasteiger partial charge in [-0.1, -0.05) is 26.0 Å². The Hall–Kier alpha value is -2.15. The molecular formula is C20H28N4O3. The Morgan fingerprint density at radius 2 is 2.19 bits per heavy atom. The zero-order chi connectivity index (χ0) is 19.3. The van der Waals surface area contributed by atoms with E-state index in [9.17, 15) is 9.59 Å². The molecule has 4 heterocycles. The summed E-state index contributed by atoms with van der Waals surface area (Å²) in [6, 6.07) is 0.206. The standard InChI is InChI=1S/C20H28N4O3/c1-5-14(6-2)24-12-20-8-7-15(27-20)16(17(20)19(24)26)18(25)22(3)10-13-9-21-23(4)11-13/h7-9,11,14-17H,5-6,10,12H2,1-4H3/t15-,16+,17-,20-/m0/s1. The first-order chi connectivity index (χ1) is 12.9. The fourth-order valence-electron chi connectivity index (χ4n) is 5.01. The second-order valence-corrected chi connectivity index (χ2v) is 8.05. The molecule has 0 N–H and O–H groups in total. The van der Waals surface area contributed by atoms with Crippen molar-refractivity contribution >= 4 is 11.8 Å². The van der Waals surface area contributed by atoms with Crippen molar-refractivity contribution in [2.45, 2.75) is 51.0 Å². The number of likely N-dealkylation sites (tertiary alicyclic amines) is 1. The third-order valence-electron chi connectivity index (χ3n) is 6.35. The van der Waals surface area contributed by atoms with Crippen LogP contribution in [0.25, 0.3) is 0 Å². The summed E-state index contributed by atoms with van der Waals surface area (Å²) in [5.74, 6) is -0.802.